The first-order valence-corrected chi connectivity index (χ1v) is 20.1. The van der Waals surface area contributed by atoms with Gasteiger partial charge in [0.15, 0.2) is 0 Å². The van der Waals surface area contributed by atoms with Crippen molar-refractivity contribution in [1.82, 2.24) is 15.4 Å². The molecule has 4 heteroatoms. The second-order valence-electron chi connectivity index (χ2n) is 14.0. The third-order valence-corrected chi connectivity index (χ3v) is 13.5. The number of aryl methyl sites for hydroxylation is 1. The fourth-order valence-electron chi connectivity index (χ4n) is 8.37. The van der Waals surface area contributed by atoms with Gasteiger partial charge in [-0.25, -0.2) is 0 Å². The van der Waals surface area contributed by atoms with Crippen molar-refractivity contribution >= 4 is 24.1 Å². The number of hydrogen-bond donors (Lipinski definition) is 0. The van der Waals surface area contributed by atoms with Crippen LogP contribution < -0.4 is 0 Å². The topological polar surface area (TPSA) is 38.7 Å². The number of aromatic nitrogens is 3. The first-order valence-electron chi connectivity index (χ1n) is 18.4. The van der Waals surface area contributed by atoms with Gasteiger partial charge in [-0.3, -0.25) is 0 Å². The molecule has 0 amide bonds. The predicted molar refractivity (Wildman–Crippen MR) is 225 cm³/mol. The molecule has 0 N–H and O–H groups in total. The van der Waals surface area contributed by atoms with Gasteiger partial charge in [0.2, 0.25) is 0 Å². The van der Waals surface area contributed by atoms with E-state index in [0.717, 1.165) is 34.5 Å². The van der Waals surface area contributed by atoms with E-state index in [1.165, 1.54) is 80.8 Å². The van der Waals surface area contributed by atoms with Gasteiger partial charge in [-0.1, -0.05) is 0 Å². The van der Waals surface area contributed by atoms with Crippen LogP contribution in [0, 0.1) is 13.8 Å². The molecule has 1 aliphatic rings. The Morgan fingerprint density at radius 3 is 1.83 bits per heavy atom. The van der Waals surface area contributed by atoms with E-state index in [4.69, 9.17) is 10.2 Å². The van der Waals surface area contributed by atoms with E-state index in [2.05, 4.69) is 183 Å². The molecule has 0 fully saturated rings. The minimum absolute atomic E-state index is 0.0524. The van der Waals surface area contributed by atoms with Gasteiger partial charge >= 0.3 is 323 Å². The molecule has 7 aromatic carbocycles. The summed E-state index contributed by atoms with van der Waals surface area (Å²) in [5, 5.41) is 15.7. The Balaban J connectivity index is 1.28. The van der Waals surface area contributed by atoms with Gasteiger partial charge in [-0.2, -0.15) is 0 Å². The Labute approximate surface area is 321 Å². The zero-order valence-corrected chi connectivity index (χ0v) is 31.8. The predicted octanol–water partition coefficient (Wildman–Crippen LogP) is 12.3. The number of hydrogen-bond acceptors (Lipinski definition) is 3. The van der Waals surface area contributed by atoms with Crippen LogP contribution in [0.3, 0.4) is 0 Å². The molecular weight excluding hydrogens is 722 g/mol. The molecular formula is C50H35N3Se. The summed E-state index contributed by atoms with van der Waals surface area (Å²) in [6, 6.07) is 59.1. The Hall–Kier alpha value is -6.19. The van der Waals surface area contributed by atoms with Gasteiger partial charge in [0.1, 0.15) is 0 Å². The number of benzene rings is 7. The van der Waals surface area contributed by atoms with Crippen molar-refractivity contribution in [2.24, 2.45) is 0 Å². The average Bonchev–Trinajstić information content (AvgIpc) is 3.80. The van der Waals surface area contributed by atoms with Crippen LogP contribution in [-0.2, 0) is 6.42 Å². The molecule has 0 unspecified atom stereocenters. The van der Waals surface area contributed by atoms with Crippen molar-refractivity contribution < 1.29 is 0 Å². The fourth-order valence-corrected chi connectivity index (χ4v) is 11.0. The molecule has 0 spiro atoms. The van der Waals surface area contributed by atoms with Crippen LogP contribution >= 0.6 is 0 Å². The Bertz CT molecular complexity index is 2870. The summed E-state index contributed by atoms with van der Waals surface area (Å²) in [5.41, 5.74) is 20.1. The molecule has 3 nitrogen and oxygen atoms in total. The molecule has 0 atom stereocenters. The van der Waals surface area contributed by atoms with E-state index in [1.807, 2.05) is 0 Å². The maximum absolute atomic E-state index is 5.02. The molecule has 256 valence electrons. The molecule has 0 saturated heterocycles. The van der Waals surface area contributed by atoms with Crippen LogP contribution in [0.15, 0.2) is 164 Å². The van der Waals surface area contributed by atoms with E-state index >= 15 is 0 Å². The van der Waals surface area contributed by atoms with Crippen molar-refractivity contribution in [3.05, 3.63) is 186 Å². The monoisotopic (exact) mass is 757 g/mol. The van der Waals surface area contributed by atoms with E-state index in [-0.39, 0.29) is 14.5 Å². The molecule has 2 heterocycles. The fraction of sp³-hybridized carbons (Fsp3) is 0.0600. The Kier molecular flexibility index (Phi) is 8.02. The van der Waals surface area contributed by atoms with Crippen molar-refractivity contribution in [3.63, 3.8) is 0 Å². The van der Waals surface area contributed by atoms with E-state index in [1.54, 1.807) is 0 Å². The van der Waals surface area contributed by atoms with Crippen molar-refractivity contribution in [1.29, 1.82) is 0 Å². The average molecular weight is 757 g/mol. The molecule has 0 bridgehead atoms. The first kappa shape index (κ1) is 32.5. The quantitative estimate of drug-likeness (QED) is 0.159. The molecule has 0 radical (unpaired) electrons. The summed E-state index contributed by atoms with van der Waals surface area (Å²) in [4.78, 5) is 0. The summed E-state index contributed by atoms with van der Waals surface area (Å²) < 4.78 is 2.75. The van der Waals surface area contributed by atoms with Crippen molar-refractivity contribution in [3.8, 4) is 77.0 Å². The third kappa shape index (κ3) is 5.29. The van der Waals surface area contributed by atoms with Gasteiger partial charge in [-0.05, 0) is 0 Å². The van der Waals surface area contributed by atoms with Crippen LogP contribution in [0.4, 0.5) is 0 Å². The summed E-state index contributed by atoms with van der Waals surface area (Å²) >= 11 is 0.0524. The van der Waals surface area contributed by atoms with Gasteiger partial charge in [0.25, 0.3) is 0 Å². The summed E-state index contributed by atoms with van der Waals surface area (Å²) in [5.74, 6) is 0. The number of fused-ring (bicyclic) bond motifs is 4. The van der Waals surface area contributed by atoms with Crippen molar-refractivity contribution in [2.75, 3.05) is 0 Å². The van der Waals surface area contributed by atoms with Crippen LogP contribution in [0.25, 0.3) is 86.7 Å². The second kappa shape index (κ2) is 13.3. The minimum atomic E-state index is 0.0524. The molecule has 10 rings (SSSR count). The van der Waals surface area contributed by atoms with E-state index in [9.17, 15) is 0 Å². The normalized spacial score (nSPS) is 11.8. The zero-order chi connectivity index (χ0) is 36.2. The van der Waals surface area contributed by atoms with Crippen LogP contribution in [0.2, 0.25) is 0 Å². The Morgan fingerprint density at radius 1 is 0.463 bits per heavy atom. The zero-order valence-electron chi connectivity index (χ0n) is 30.0. The van der Waals surface area contributed by atoms with Gasteiger partial charge < -0.3 is 0 Å². The summed E-state index contributed by atoms with van der Waals surface area (Å²) in [6.45, 7) is 4.49. The van der Waals surface area contributed by atoms with Crippen LogP contribution in [-0.4, -0.2) is 29.9 Å². The standard InChI is InChI=1S/C50H35N3Se/c1-31-29-42-37-23-10-9-21-35(37)30-43(42)45(32(31)2)47-48(34-19-7-4-8-20-34)51-53-52-49(47)39-25-13-14-26-40(39)50-46(41-27-15-16-28-44(41)54-50)38-24-12-11-22-36(38)33-17-5-3-6-18-33/h3-29H,30H2,1-2H3. The summed E-state index contributed by atoms with van der Waals surface area (Å²) in [6.07, 6.45) is 0.865. The van der Waals surface area contributed by atoms with E-state index in [0.29, 0.717) is 0 Å². The Morgan fingerprint density at radius 2 is 1.06 bits per heavy atom. The number of nitrogens with zero attached hydrogens (tertiary/aromatic N) is 3. The molecule has 54 heavy (non-hydrogen) atoms. The maximum atomic E-state index is 5.02. The van der Waals surface area contributed by atoms with Gasteiger partial charge in [0.05, 0.1) is 0 Å². The van der Waals surface area contributed by atoms with Crippen LogP contribution in [0.1, 0.15) is 22.3 Å². The van der Waals surface area contributed by atoms with E-state index < -0.39 is 0 Å². The molecule has 2 aromatic heterocycles. The number of rotatable bonds is 6. The molecule has 1 aliphatic carbocycles. The third-order valence-electron chi connectivity index (χ3n) is 11.0. The van der Waals surface area contributed by atoms with Gasteiger partial charge in [0, 0.05) is 0 Å². The second-order valence-corrected chi connectivity index (χ2v) is 16.2. The first-order chi connectivity index (χ1) is 26.7. The van der Waals surface area contributed by atoms with Crippen LogP contribution in [0.5, 0.6) is 0 Å². The SMILES string of the molecule is Cc1cc2c(c(-c3c(-c4ccccc4)nnnc3-c3ccccc3-c3[se]c4ccccc4c3-c3ccccc3-c3ccccc3)c1C)Cc1ccccc1-2. The van der Waals surface area contributed by atoms with Gasteiger partial charge in [-0.15, -0.1) is 0 Å². The summed E-state index contributed by atoms with van der Waals surface area (Å²) in [7, 11) is 0. The van der Waals surface area contributed by atoms with Crippen molar-refractivity contribution in [2.45, 2.75) is 20.3 Å². The molecule has 9 aromatic rings. The molecule has 0 saturated carbocycles. The molecule has 0 aliphatic heterocycles.